The molecule has 0 saturated carbocycles. The van der Waals surface area contributed by atoms with E-state index in [1.165, 1.54) is 12.1 Å². The lowest BCUT2D eigenvalue weighted by molar-refractivity contribution is -0.274. The second kappa shape index (κ2) is 7.33. The Balaban J connectivity index is 1.72. The fraction of sp³-hybridized carbons (Fsp3) is 0.316. The van der Waals surface area contributed by atoms with Gasteiger partial charge in [0.15, 0.2) is 5.75 Å². The number of hydrogen-bond donors (Lipinski definition) is 1. The Morgan fingerprint density at radius 3 is 2.79 bits per heavy atom. The quantitative estimate of drug-likeness (QED) is 0.588. The minimum absolute atomic E-state index is 0.112. The number of alkyl halides is 3. The summed E-state index contributed by atoms with van der Waals surface area (Å²) >= 11 is 3.16. The lowest BCUT2D eigenvalue weighted by Gasteiger charge is -2.18. The van der Waals surface area contributed by atoms with E-state index < -0.39 is 6.36 Å². The van der Waals surface area contributed by atoms with E-state index in [2.05, 4.69) is 48.0 Å². The van der Waals surface area contributed by atoms with Crippen molar-refractivity contribution in [1.29, 1.82) is 0 Å². The van der Waals surface area contributed by atoms with Crippen LogP contribution in [0.3, 0.4) is 0 Å². The van der Waals surface area contributed by atoms with Crippen LogP contribution in [0.15, 0.2) is 28.9 Å². The topological polar surface area (TPSA) is 64.9 Å². The molecule has 4 rings (SSSR count). The van der Waals surface area contributed by atoms with Gasteiger partial charge in [0.2, 0.25) is 5.95 Å². The van der Waals surface area contributed by atoms with Gasteiger partial charge in [-0.05, 0) is 43.0 Å². The van der Waals surface area contributed by atoms with E-state index in [0.29, 0.717) is 4.47 Å². The van der Waals surface area contributed by atoms with Crippen LogP contribution in [-0.4, -0.2) is 26.1 Å². The lowest BCUT2D eigenvalue weighted by Crippen LogP contribution is -2.18. The Kier molecular flexibility index (Phi) is 4.97. The van der Waals surface area contributed by atoms with Gasteiger partial charge in [0.25, 0.3) is 0 Å². The van der Waals surface area contributed by atoms with Gasteiger partial charge in [-0.15, -0.1) is 13.2 Å². The molecule has 1 aromatic carbocycles. The minimum Gasteiger partial charge on any atom is -0.404 e. The van der Waals surface area contributed by atoms with Crippen LogP contribution in [0.1, 0.15) is 23.7 Å². The van der Waals surface area contributed by atoms with E-state index in [1.807, 2.05) is 7.05 Å². The molecule has 0 fully saturated rings. The van der Waals surface area contributed by atoms with E-state index >= 15 is 0 Å². The molecule has 29 heavy (non-hydrogen) atoms. The highest BCUT2D eigenvalue weighted by Crippen LogP contribution is 2.36. The molecule has 0 aliphatic heterocycles. The number of aromatic nitrogens is 4. The van der Waals surface area contributed by atoms with Crippen LogP contribution in [0.2, 0.25) is 0 Å². The Hall–Kier alpha value is -2.62. The van der Waals surface area contributed by atoms with Crippen molar-refractivity contribution < 1.29 is 17.9 Å². The molecule has 0 amide bonds. The molecule has 10 heteroatoms. The molecule has 0 unspecified atom stereocenters. The van der Waals surface area contributed by atoms with Gasteiger partial charge in [0.05, 0.1) is 22.8 Å². The van der Waals surface area contributed by atoms with Crippen molar-refractivity contribution in [1.82, 2.24) is 19.7 Å². The first-order valence-electron chi connectivity index (χ1n) is 8.98. The van der Waals surface area contributed by atoms with Crippen LogP contribution in [0.25, 0.3) is 11.4 Å². The van der Waals surface area contributed by atoms with Crippen LogP contribution >= 0.6 is 15.9 Å². The number of benzene rings is 1. The van der Waals surface area contributed by atoms with Gasteiger partial charge in [-0.1, -0.05) is 22.9 Å². The number of ether oxygens (including phenoxy) is 1. The van der Waals surface area contributed by atoms with Crippen molar-refractivity contribution in [3.63, 3.8) is 0 Å². The van der Waals surface area contributed by atoms with Crippen molar-refractivity contribution in [3.8, 4) is 17.1 Å². The average molecular weight is 468 g/mol. The summed E-state index contributed by atoms with van der Waals surface area (Å²) in [6.45, 7) is 2.06. The van der Waals surface area contributed by atoms with Gasteiger partial charge in [-0.3, -0.25) is 4.68 Å². The van der Waals surface area contributed by atoms with Gasteiger partial charge in [-0.2, -0.15) is 5.10 Å². The summed E-state index contributed by atoms with van der Waals surface area (Å²) < 4.78 is 44.7. The first kappa shape index (κ1) is 19.7. The molecule has 2 aromatic heterocycles. The van der Waals surface area contributed by atoms with Gasteiger partial charge in [0.1, 0.15) is 0 Å². The molecule has 1 aliphatic carbocycles. The monoisotopic (exact) mass is 467 g/mol. The number of fused-ring (bicyclic) bond motifs is 3. The first-order valence-corrected chi connectivity index (χ1v) is 9.78. The summed E-state index contributed by atoms with van der Waals surface area (Å²) in [7, 11) is 1.87. The summed E-state index contributed by atoms with van der Waals surface area (Å²) in [6.07, 6.45) is -0.622. The van der Waals surface area contributed by atoms with Crippen molar-refractivity contribution >= 4 is 27.6 Å². The summed E-state index contributed by atoms with van der Waals surface area (Å²) in [5, 5.41) is 7.42. The zero-order valence-electron chi connectivity index (χ0n) is 15.6. The SMILES string of the molecule is CCc1nn(C)c2c1CCc1cnc(Nc3ccc(Br)cc3OC(F)(F)F)nc1-2. The number of hydrogen-bond acceptors (Lipinski definition) is 5. The normalized spacial score (nSPS) is 13.0. The predicted molar refractivity (Wildman–Crippen MR) is 105 cm³/mol. The number of nitrogens with one attached hydrogen (secondary N) is 1. The van der Waals surface area contributed by atoms with Crippen LogP contribution in [-0.2, 0) is 26.3 Å². The minimum atomic E-state index is -4.81. The maximum atomic E-state index is 12.8. The summed E-state index contributed by atoms with van der Waals surface area (Å²) in [5.74, 6) is -0.187. The standard InChI is InChI=1S/C19H17BrF3N5O/c1-3-13-12-6-4-10-9-24-18(26-16(10)17(12)28(2)27-13)25-14-7-5-11(20)8-15(14)29-19(21,22)23/h5,7-9H,3-4,6H2,1-2H3,(H,24,25,26). The predicted octanol–water partition coefficient (Wildman–Crippen LogP) is 4.94. The van der Waals surface area contributed by atoms with Crippen LogP contribution in [0, 0.1) is 0 Å². The number of nitrogens with zero attached hydrogens (tertiary/aromatic N) is 4. The average Bonchev–Trinajstić information content (AvgIpc) is 2.99. The smallest absolute Gasteiger partial charge is 0.404 e. The fourth-order valence-corrected chi connectivity index (χ4v) is 3.85. The van der Waals surface area contributed by atoms with Crippen molar-refractivity contribution in [3.05, 3.63) is 45.7 Å². The zero-order chi connectivity index (χ0) is 20.8. The molecule has 3 aromatic rings. The third-order valence-electron chi connectivity index (χ3n) is 4.71. The molecule has 1 N–H and O–H groups in total. The molecule has 2 heterocycles. The molecule has 1 aliphatic rings. The molecule has 0 saturated heterocycles. The number of anilines is 2. The van der Waals surface area contributed by atoms with E-state index in [0.717, 1.165) is 47.5 Å². The van der Waals surface area contributed by atoms with Gasteiger partial charge >= 0.3 is 6.36 Å². The molecule has 6 nitrogen and oxygen atoms in total. The number of aryl methyl sites for hydroxylation is 3. The number of halogens is 4. The third-order valence-corrected chi connectivity index (χ3v) is 5.21. The van der Waals surface area contributed by atoms with E-state index in [9.17, 15) is 13.2 Å². The van der Waals surface area contributed by atoms with Crippen LogP contribution in [0.4, 0.5) is 24.8 Å². The third kappa shape index (κ3) is 3.93. The largest absolute Gasteiger partial charge is 0.573 e. The molecular weight excluding hydrogens is 451 g/mol. The second-order valence-electron chi connectivity index (χ2n) is 6.63. The van der Waals surface area contributed by atoms with Gasteiger partial charge in [0, 0.05) is 23.3 Å². The second-order valence-corrected chi connectivity index (χ2v) is 7.55. The van der Waals surface area contributed by atoms with Crippen molar-refractivity contribution in [2.45, 2.75) is 32.5 Å². The van der Waals surface area contributed by atoms with E-state index in [4.69, 9.17) is 0 Å². The maximum absolute atomic E-state index is 12.8. The molecule has 0 spiro atoms. The summed E-state index contributed by atoms with van der Waals surface area (Å²) in [6, 6.07) is 4.32. The van der Waals surface area contributed by atoms with Crippen molar-refractivity contribution in [2.75, 3.05) is 5.32 Å². The number of rotatable bonds is 4. The molecular formula is C19H17BrF3N5O. The van der Waals surface area contributed by atoms with Crippen LogP contribution < -0.4 is 10.1 Å². The molecule has 0 atom stereocenters. The summed E-state index contributed by atoms with van der Waals surface area (Å²) in [5.41, 5.74) is 4.97. The highest BCUT2D eigenvalue weighted by atomic mass is 79.9. The lowest BCUT2D eigenvalue weighted by atomic mass is 9.93. The van der Waals surface area contributed by atoms with E-state index in [-0.39, 0.29) is 17.4 Å². The maximum Gasteiger partial charge on any atom is 0.573 e. The van der Waals surface area contributed by atoms with Gasteiger partial charge in [-0.25, -0.2) is 9.97 Å². The Bertz CT molecular complexity index is 1080. The van der Waals surface area contributed by atoms with Crippen LogP contribution in [0.5, 0.6) is 5.75 Å². The highest BCUT2D eigenvalue weighted by molar-refractivity contribution is 9.10. The molecule has 0 bridgehead atoms. The molecule has 0 radical (unpaired) electrons. The first-order chi connectivity index (χ1) is 13.7. The summed E-state index contributed by atoms with van der Waals surface area (Å²) in [4.78, 5) is 8.86. The fourth-order valence-electron chi connectivity index (χ4n) is 3.51. The Labute approximate surface area is 173 Å². The highest BCUT2D eigenvalue weighted by Gasteiger charge is 2.32. The van der Waals surface area contributed by atoms with Crippen molar-refractivity contribution in [2.24, 2.45) is 7.05 Å². The molecule has 152 valence electrons. The van der Waals surface area contributed by atoms with Gasteiger partial charge < -0.3 is 10.1 Å². The zero-order valence-corrected chi connectivity index (χ0v) is 17.2. The van der Waals surface area contributed by atoms with E-state index in [1.54, 1.807) is 16.9 Å². The Morgan fingerprint density at radius 2 is 2.07 bits per heavy atom. The Morgan fingerprint density at radius 1 is 1.28 bits per heavy atom.